The molecule has 0 aliphatic rings. The van der Waals surface area contributed by atoms with Gasteiger partial charge in [-0.1, -0.05) is 38.3 Å². The average molecular weight is 412 g/mol. The van der Waals surface area contributed by atoms with Crippen molar-refractivity contribution in [2.24, 2.45) is 5.92 Å². The molecule has 0 radical (unpaired) electrons. The zero-order valence-corrected chi connectivity index (χ0v) is 18.0. The van der Waals surface area contributed by atoms with E-state index in [2.05, 4.69) is 19.2 Å². The normalized spacial score (nSPS) is 12.1. The lowest BCUT2D eigenvalue weighted by atomic mass is 10.0. The van der Waals surface area contributed by atoms with Crippen LogP contribution in [0.5, 0.6) is 11.5 Å². The Balaban J connectivity index is 2.47. The second-order valence-electron chi connectivity index (χ2n) is 6.97. The molecule has 0 aliphatic carbocycles. The van der Waals surface area contributed by atoms with Crippen molar-refractivity contribution in [2.75, 3.05) is 20.8 Å². The summed E-state index contributed by atoms with van der Waals surface area (Å²) in [7, 11) is 2.99. The van der Waals surface area contributed by atoms with Gasteiger partial charge in [-0.15, -0.1) is 0 Å². The highest BCUT2D eigenvalue weighted by atomic mass is 35.5. The summed E-state index contributed by atoms with van der Waals surface area (Å²) in [6.07, 6.45) is 5.84. The average Bonchev–Trinajstić information content (AvgIpc) is 2.63. The molecule has 6 nitrogen and oxygen atoms in total. The van der Waals surface area contributed by atoms with E-state index >= 15 is 0 Å². The molecule has 0 saturated carbocycles. The van der Waals surface area contributed by atoms with Crippen LogP contribution in [-0.4, -0.2) is 38.7 Å². The fraction of sp³-hybridized carbons (Fsp3) is 0.524. The molecule has 1 aromatic rings. The predicted octanol–water partition coefficient (Wildman–Crippen LogP) is 4.24. The van der Waals surface area contributed by atoms with Crippen LogP contribution in [0.4, 0.5) is 0 Å². The number of nitrogens with one attached hydrogen (secondary N) is 1. The summed E-state index contributed by atoms with van der Waals surface area (Å²) < 4.78 is 15.3. The molecule has 1 rings (SSSR count). The zero-order chi connectivity index (χ0) is 21.1. The molecule has 0 bridgehead atoms. The smallest absolute Gasteiger partial charge is 0.331 e. The van der Waals surface area contributed by atoms with Crippen LogP contribution in [0.3, 0.4) is 0 Å². The number of benzene rings is 1. The molecule has 1 unspecified atom stereocenters. The number of methoxy groups -OCH3 is 2. The SMILES string of the molecule is COc1cc(/C=C/C(=O)OCC(=O)NC(C)CCCC(C)C)cc(Cl)c1OC. The lowest BCUT2D eigenvalue weighted by molar-refractivity contribution is -0.144. The van der Waals surface area contributed by atoms with Crippen molar-refractivity contribution in [3.05, 3.63) is 28.8 Å². The highest BCUT2D eigenvalue weighted by Crippen LogP contribution is 2.36. The summed E-state index contributed by atoms with van der Waals surface area (Å²) in [5, 5.41) is 3.19. The van der Waals surface area contributed by atoms with Crippen molar-refractivity contribution in [2.45, 2.75) is 46.1 Å². The Hall–Kier alpha value is -2.21. The molecule has 1 aromatic carbocycles. The van der Waals surface area contributed by atoms with E-state index in [4.69, 9.17) is 25.8 Å². The van der Waals surface area contributed by atoms with Crippen LogP contribution in [0.2, 0.25) is 5.02 Å². The minimum absolute atomic E-state index is 0.0504. The monoisotopic (exact) mass is 411 g/mol. The highest BCUT2D eigenvalue weighted by Gasteiger charge is 2.11. The first-order chi connectivity index (χ1) is 13.3. The maximum Gasteiger partial charge on any atom is 0.331 e. The van der Waals surface area contributed by atoms with Gasteiger partial charge in [0, 0.05) is 12.1 Å². The minimum atomic E-state index is -0.617. The van der Waals surface area contributed by atoms with E-state index in [1.54, 1.807) is 12.1 Å². The molecular formula is C21H30ClNO5. The fourth-order valence-corrected chi connectivity index (χ4v) is 2.90. The molecule has 0 saturated heterocycles. The Kier molecular flexibility index (Phi) is 10.5. The van der Waals surface area contributed by atoms with E-state index in [1.807, 2.05) is 6.92 Å². The van der Waals surface area contributed by atoms with E-state index in [-0.39, 0.29) is 18.6 Å². The molecule has 7 heteroatoms. The second-order valence-corrected chi connectivity index (χ2v) is 7.38. The Morgan fingerprint density at radius 3 is 2.46 bits per heavy atom. The summed E-state index contributed by atoms with van der Waals surface area (Å²) in [5.41, 5.74) is 0.642. The highest BCUT2D eigenvalue weighted by molar-refractivity contribution is 6.32. The van der Waals surface area contributed by atoms with E-state index in [0.29, 0.717) is 28.0 Å². The number of esters is 1. The van der Waals surface area contributed by atoms with Crippen molar-refractivity contribution in [3.63, 3.8) is 0 Å². The molecule has 0 aromatic heterocycles. The molecule has 28 heavy (non-hydrogen) atoms. The van der Waals surface area contributed by atoms with Gasteiger partial charge in [-0.05, 0) is 43.0 Å². The van der Waals surface area contributed by atoms with Gasteiger partial charge < -0.3 is 19.5 Å². The van der Waals surface area contributed by atoms with Crippen LogP contribution >= 0.6 is 11.6 Å². The molecule has 0 heterocycles. The molecule has 0 spiro atoms. The van der Waals surface area contributed by atoms with Gasteiger partial charge >= 0.3 is 5.97 Å². The van der Waals surface area contributed by atoms with Gasteiger partial charge in [-0.25, -0.2) is 4.79 Å². The largest absolute Gasteiger partial charge is 0.493 e. The third kappa shape index (κ3) is 8.65. The number of rotatable bonds is 11. The molecule has 1 N–H and O–H groups in total. The van der Waals surface area contributed by atoms with E-state index < -0.39 is 5.97 Å². The third-order valence-corrected chi connectivity index (χ3v) is 4.32. The first kappa shape index (κ1) is 23.8. The number of carbonyl (C=O) groups excluding carboxylic acids is 2. The molecule has 0 aliphatic heterocycles. The zero-order valence-electron chi connectivity index (χ0n) is 17.2. The van der Waals surface area contributed by atoms with Crippen LogP contribution in [0.15, 0.2) is 18.2 Å². The van der Waals surface area contributed by atoms with Crippen molar-refractivity contribution in [1.82, 2.24) is 5.32 Å². The van der Waals surface area contributed by atoms with Crippen molar-refractivity contribution < 1.29 is 23.8 Å². The standard InChI is InChI=1S/C21H30ClNO5/c1-14(2)7-6-8-15(3)23-19(24)13-28-20(25)10-9-16-11-17(22)21(27-5)18(12-16)26-4/h9-12,14-15H,6-8,13H2,1-5H3,(H,23,24)/b10-9+. The van der Waals surface area contributed by atoms with Crippen LogP contribution in [0.1, 0.15) is 45.6 Å². The number of halogens is 1. The van der Waals surface area contributed by atoms with E-state index in [9.17, 15) is 9.59 Å². The second kappa shape index (κ2) is 12.3. The number of ether oxygens (including phenoxy) is 3. The summed E-state index contributed by atoms with van der Waals surface area (Å²) in [6.45, 7) is 5.98. The van der Waals surface area contributed by atoms with Gasteiger partial charge in [0.25, 0.3) is 5.91 Å². The van der Waals surface area contributed by atoms with Gasteiger partial charge in [0.2, 0.25) is 0 Å². The molecule has 156 valence electrons. The fourth-order valence-electron chi connectivity index (χ4n) is 2.60. The van der Waals surface area contributed by atoms with Gasteiger partial charge in [0.1, 0.15) is 0 Å². The Labute approximate surface area is 172 Å². The van der Waals surface area contributed by atoms with Crippen LogP contribution in [0.25, 0.3) is 6.08 Å². The molecular weight excluding hydrogens is 382 g/mol. The maximum absolute atomic E-state index is 11.9. The molecule has 0 fully saturated rings. The Morgan fingerprint density at radius 1 is 1.14 bits per heavy atom. The summed E-state index contributed by atoms with van der Waals surface area (Å²) >= 11 is 6.13. The van der Waals surface area contributed by atoms with Gasteiger partial charge in [-0.2, -0.15) is 0 Å². The third-order valence-electron chi connectivity index (χ3n) is 4.04. The number of amides is 1. The predicted molar refractivity (Wildman–Crippen MR) is 111 cm³/mol. The number of carbonyl (C=O) groups is 2. The topological polar surface area (TPSA) is 73.9 Å². The number of hydrogen-bond donors (Lipinski definition) is 1. The van der Waals surface area contributed by atoms with Crippen molar-refractivity contribution >= 4 is 29.6 Å². The first-order valence-corrected chi connectivity index (χ1v) is 9.70. The number of hydrogen-bond acceptors (Lipinski definition) is 5. The van der Waals surface area contributed by atoms with Crippen molar-refractivity contribution in [3.8, 4) is 11.5 Å². The minimum Gasteiger partial charge on any atom is -0.493 e. The van der Waals surface area contributed by atoms with Gasteiger partial charge in [-0.3, -0.25) is 4.79 Å². The summed E-state index contributed by atoms with van der Waals surface area (Å²) in [6, 6.07) is 3.37. The molecule has 1 atom stereocenters. The summed E-state index contributed by atoms with van der Waals surface area (Å²) in [4.78, 5) is 23.7. The van der Waals surface area contributed by atoms with Crippen LogP contribution in [0, 0.1) is 5.92 Å². The maximum atomic E-state index is 11.9. The van der Waals surface area contributed by atoms with E-state index in [0.717, 1.165) is 19.3 Å². The Morgan fingerprint density at radius 2 is 1.86 bits per heavy atom. The van der Waals surface area contributed by atoms with Crippen LogP contribution in [-0.2, 0) is 14.3 Å². The van der Waals surface area contributed by atoms with Crippen molar-refractivity contribution in [1.29, 1.82) is 0 Å². The lowest BCUT2D eigenvalue weighted by Gasteiger charge is -2.14. The van der Waals surface area contributed by atoms with E-state index in [1.165, 1.54) is 26.4 Å². The van der Waals surface area contributed by atoms with Crippen LogP contribution < -0.4 is 14.8 Å². The van der Waals surface area contributed by atoms with Gasteiger partial charge in [0.05, 0.1) is 19.2 Å². The Bertz CT molecular complexity index is 688. The lowest BCUT2D eigenvalue weighted by Crippen LogP contribution is -2.35. The molecule has 1 amide bonds. The van der Waals surface area contributed by atoms with Gasteiger partial charge in [0.15, 0.2) is 18.1 Å². The quantitative estimate of drug-likeness (QED) is 0.435. The first-order valence-electron chi connectivity index (χ1n) is 9.32. The summed E-state index contributed by atoms with van der Waals surface area (Å²) in [5.74, 6) is 0.592.